The predicted octanol–water partition coefficient (Wildman–Crippen LogP) is 4.07. The van der Waals surface area contributed by atoms with E-state index in [0.717, 1.165) is 19.4 Å². The minimum absolute atomic E-state index is 0.199. The summed E-state index contributed by atoms with van der Waals surface area (Å²) in [6, 6.07) is 3.03. The molecule has 3 heterocycles. The Kier molecular flexibility index (Phi) is 5.12. The van der Waals surface area contributed by atoms with Crippen molar-refractivity contribution in [3.8, 4) is 11.9 Å². The van der Waals surface area contributed by atoms with Gasteiger partial charge in [-0.2, -0.15) is 9.97 Å². The number of hydrogen-bond acceptors (Lipinski definition) is 5. The molecule has 0 bridgehead atoms. The maximum absolute atomic E-state index is 14.0. The van der Waals surface area contributed by atoms with Crippen molar-refractivity contribution in [1.82, 2.24) is 14.9 Å². The minimum atomic E-state index is -0.809. The van der Waals surface area contributed by atoms with Crippen molar-refractivity contribution < 1.29 is 18.3 Å². The quantitative estimate of drug-likeness (QED) is 0.743. The van der Waals surface area contributed by atoms with Crippen LogP contribution in [0.25, 0.3) is 10.9 Å². The first-order valence-electron chi connectivity index (χ1n) is 9.99. The van der Waals surface area contributed by atoms with Crippen LogP contribution in [0.15, 0.2) is 12.1 Å². The number of rotatable bonds is 6. The molecule has 0 aliphatic carbocycles. The van der Waals surface area contributed by atoms with E-state index >= 15 is 0 Å². The number of ether oxygens (including phenoxy) is 2. The van der Waals surface area contributed by atoms with Gasteiger partial charge in [-0.1, -0.05) is 13.8 Å². The molecular weight excluding hydrogens is 364 g/mol. The van der Waals surface area contributed by atoms with Gasteiger partial charge in [-0.05, 0) is 49.9 Å². The highest BCUT2D eigenvalue weighted by atomic mass is 19.1. The first kappa shape index (κ1) is 19.3. The largest absolute Gasteiger partial charge is 0.477 e. The molecule has 1 aromatic carbocycles. The maximum atomic E-state index is 14.0. The van der Waals surface area contributed by atoms with E-state index < -0.39 is 6.17 Å². The monoisotopic (exact) mass is 391 g/mol. The molecular formula is C21H27F2N3O2. The van der Waals surface area contributed by atoms with Crippen LogP contribution in [-0.2, 0) is 0 Å². The summed E-state index contributed by atoms with van der Waals surface area (Å²) in [7, 11) is 0. The van der Waals surface area contributed by atoms with Crippen molar-refractivity contribution in [2.75, 3.05) is 26.3 Å². The average Bonchev–Trinajstić information content (AvgIpc) is 3.14. The molecule has 2 saturated heterocycles. The van der Waals surface area contributed by atoms with E-state index in [0.29, 0.717) is 54.4 Å². The van der Waals surface area contributed by atoms with Crippen LogP contribution in [0, 0.1) is 18.7 Å². The van der Waals surface area contributed by atoms with Gasteiger partial charge in [0, 0.05) is 13.0 Å². The first-order valence-corrected chi connectivity index (χ1v) is 9.99. The molecule has 1 aromatic heterocycles. The van der Waals surface area contributed by atoms with Gasteiger partial charge in [-0.25, -0.2) is 8.78 Å². The Labute approximate surface area is 164 Å². The Bertz CT molecular complexity index is 876. The summed E-state index contributed by atoms with van der Waals surface area (Å²) in [6.45, 7) is 8.07. The van der Waals surface area contributed by atoms with Crippen LogP contribution in [0.4, 0.5) is 8.78 Å². The summed E-state index contributed by atoms with van der Waals surface area (Å²) in [5, 5.41) is 0.538. The van der Waals surface area contributed by atoms with Crippen molar-refractivity contribution in [3.63, 3.8) is 0 Å². The molecule has 7 heteroatoms. The van der Waals surface area contributed by atoms with Crippen molar-refractivity contribution >= 4 is 10.9 Å². The molecule has 2 aromatic rings. The fourth-order valence-corrected chi connectivity index (χ4v) is 4.38. The van der Waals surface area contributed by atoms with E-state index in [-0.39, 0.29) is 17.4 Å². The van der Waals surface area contributed by atoms with Crippen LogP contribution < -0.4 is 9.47 Å². The fraction of sp³-hybridized carbons (Fsp3) is 0.619. The summed E-state index contributed by atoms with van der Waals surface area (Å²) in [5.74, 6) is 0.277. The van der Waals surface area contributed by atoms with E-state index in [9.17, 15) is 8.78 Å². The highest BCUT2D eigenvalue weighted by molar-refractivity contribution is 5.86. The van der Waals surface area contributed by atoms with Gasteiger partial charge in [0.25, 0.3) is 0 Å². The second kappa shape index (κ2) is 7.43. The Hall–Kier alpha value is -2.02. The molecule has 2 atom stereocenters. The molecule has 152 valence electrons. The number of halogens is 2. The van der Waals surface area contributed by atoms with Gasteiger partial charge in [-0.15, -0.1) is 0 Å². The molecule has 0 amide bonds. The highest BCUT2D eigenvalue weighted by Crippen LogP contribution is 2.40. The third kappa shape index (κ3) is 3.64. The summed E-state index contributed by atoms with van der Waals surface area (Å²) in [4.78, 5) is 11.1. The zero-order valence-corrected chi connectivity index (χ0v) is 16.7. The van der Waals surface area contributed by atoms with Gasteiger partial charge in [0.1, 0.15) is 18.6 Å². The number of aromatic nitrogens is 2. The molecule has 1 unspecified atom stereocenters. The SMILES string of the molecule is Cc1cc(F)cc2c(OCC(C)C)nc(OCC34CCCN3C[C@H](F)C4)nc12. The topological polar surface area (TPSA) is 47.5 Å². The lowest BCUT2D eigenvalue weighted by Crippen LogP contribution is -2.43. The Morgan fingerprint density at radius 2 is 2.11 bits per heavy atom. The molecule has 4 rings (SSSR count). The fourth-order valence-electron chi connectivity index (χ4n) is 4.38. The third-order valence-electron chi connectivity index (χ3n) is 5.68. The molecule has 0 N–H and O–H groups in total. The molecule has 2 aliphatic rings. The lowest BCUT2D eigenvalue weighted by atomic mass is 9.95. The van der Waals surface area contributed by atoms with Gasteiger partial charge in [0.05, 0.1) is 23.0 Å². The summed E-state index contributed by atoms with van der Waals surface area (Å²) in [6.07, 6.45) is 1.65. The molecule has 2 fully saturated rings. The normalized spacial score (nSPS) is 24.9. The molecule has 0 spiro atoms. The van der Waals surface area contributed by atoms with Crippen LogP contribution in [0.2, 0.25) is 0 Å². The van der Waals surface area contributed by atoms with E-state index in [1.54, 1.807) is 6.92 Å². The van der Waals surface area contributed by atoms with Crippen LogP contribution in [0.1, 0.15) is 38.7 Å². The second-order valence-electron chi connectivity index (χ2n) is 8.50. The first-order chi connectivity index (χ1) is 13.4. The molecule has 2 aliphatic heterocycles. The van der Waals surface area contributed by atoms with Gasteiger partial charge < -0.3 is 9.47 Å². The van der Waals surface area contributed by atoms with Crippen LogP contribution >= 0.6 is 0 Å². The molecule has 0 saturated carbocycles. The number of benzene rings is 1. The Morgan fingerprint density at radius 3 is 2.89 bits per heavy atom. The highest BCUT2D eigenvalue weighted by Gasteiger charge is 2.49. The second-order valence-corrected chi connectivity index (χ2v) is 8.50. The van der Waals surface area contributed by atoms with Gasteiger partial charge >= 0.3 is 6.01 Å². The summed E-state index contributed by atoms with van der Waals surface area (Å²) < 4.78 is 39.7. The standard InChI is InChI=1S/C21H27F2N3O2/c1-13(2)11-27-19-17-8-15(22)7-14(3)18(17)24-20(25-19)28-12-21-5-4-6-26(21)10-16(23)9-21/h7-8,13,16H,4-6,9-12H2,1-3H3/t16-,21?/m1/s1. The molecule has 0 radical (unpaired) electrons. The number of aryl methyl sites for hydroxylation is 1. The molecule has 28 heavy (non-hydrogen) atoms. The van der Waals surface area contributed by atoms with E-state index in [1.165, 1.54) is 12.1 Å². The van der Waals surface area contributed by atoms with Crippen LogP contribution in [0.3, 0.4) is 0 Å². The Morgan fingerprint density at radius 1 is 1.29 bits per heavy atom. The number of fused-ring (bicyclic) bond motifs is 2. The number of nitrogens with zero attached hydrogens (tertiary/aromatic N) is 3. The van der Waals surface area contributed by atoms with Gasteiger partial charge in [0.15, 0.2) is 0 Å². The minimum Gasteiger partial charge on any atom is -0.477 e. The summed E-state index contributed by atoms with van der Waals surface area (Å²) >= 11 is 0. The average molecular weight is 391 g/mol. The predicted molar refractivity (Wildman–Crippen MR) is 103 cm³/mol. The van der Waals surface area contributed by atoms with E-state index in [4.69, 9.17) is 9.47 Å². The molecule has 5 nitrogen and oxygen atoms in total. The van der Waals surface area contributed by atoms with Gasteiger partial charge in [-0.3, -0.25) is 4.90 Å². The third-order valence-corrected chi connectivity index (χ3v) is 5.68. The maximum Gasteiger partial charge on any atom is 0.320 e. The van der Waals surface area contributed by atoms with Crippen LogP contribution in [-0.4, -0.2) is 52.9 Å². The Balaban J connectivity index is 1.63. The van der Waals surface area contributed by atoms with Crippen molar-refractivity contribution in [2.45, 2.75) is 51.7 Å². The zero-order chi connectivity index (χ0) is 19.9. The zero-order valence-electron chi connectivity index (χ0n) is 16.7. The van der Waals surface area contributed by atoms with Crippen molar-refractivity contribution in [1.29, 1.82) is 0 Å². The van der Waals surface area contributed by atoms with E-state index in [2.05, 4.69) is 14.9 Å². The van der Waals surface area contributed by atoms with Gasteiger partial charge in [0.2, 0.25) is 5.88 Å². The lowest BCUT2D eigenvalue weighted by molar-refractivity contribution is 0.106. The smallest absolute Gasteiger partial charge is 0.320 e. The van der Waals surface area contributed by atoms with Crippen molar-refractivity contribution in [3.05, 3.63) is 23.5 Å². The lowest BCUT2D eigenvalue weighted by Gasteiger charge is -2.30. The van der Waals surface area contributed by atoms with E-state index in [1.807, 2.05) is 13.8 Å². The van der Waals surface area contributed by atoms with Crippen LogP contribution in [0.5, 0.6) is 11.9 Å². The van der Waals surface area contributed by atoms with Crippen molar-refractivity contribution in [2.24, 2.45) is 5.92 Å². The number of hydrogen-bond donors (Lipinski definition) is 0. The summed E-state index contributed by atoms with van der Waals surface area (Å²) in [5.41, 5.74) is 1.04. The number of alkyl halides is 1.